The molecule has 0 N–H and O–H groups in total. The molecule has 0 spiro atoms. The normalized spacial score (nSPS) is 14.8. The summed E-state index contributed by atoms with van der Waals surface area (Å²) >= 11 is 2.16. The molecular formula is C20H16INO4. The van der Waals surface area contributed by atoms with Gasteiger partial charge in [0.15, 0.2) is 17.2 Å². The second-order valence-electron chi connectivity index (χ2n) is 5.34. The third kappa shape index (κ3) is 3.96. The summed E-state index contributed by atoms with van der Waals surface area (Å²) in [5, 5.41) is 0. The van der Waals surface area contributed by atoms with Crippen LogP contribution in [-0.2, 0) is 9.53 Å². The van der Waals surface area contributed by atoms with Gasteiger partial charge in [0.25, 0.3) is 0 Å². The van der Waals surface area contributed by atoms with Crippen molar-refractivity contribution in [2.45, 2.75) is 0 Å². The van der Waals surface area contributed by atoms with Crippen LogP contribution in [0.5, 0.6) is 11.5 Å². The van der Waals surface area contributed by atoms with Gasteiger partial charge in [0.05, 0.1) is 10.7 Å². The van der Waals surface area contributed by atoms with Crippen LogP contribution in [0, 0.1) is 3.57 Å². The number of carbonyl (C=O) groups excluding carboxylic acids is 1. The number of aliphatic imine (C=N–C) groups is 1. The lowest BCUT2D eigenvalue weighted by atomic mass is 10.1. The number of esters is 1. The highest BCUT2D eigenvalue weighted by atomic mass is 127. The summed E-state index contributed by atoms with van der Waals surface area (Å²) in [7, 11) is 1.57. The van der Waals surface area contributed by atoms with E-state index in [0.29, 0.717) is 24.0 Å². The maximum absolute atomic E-state index is 12.1. The van der Waals surface area contributed by atoms with Gasteiger partial charge in [0.1, 0.15) is 6.61 Å². The van der Waals surface area contributed by atoms with Crippen LogP contribution < -0.4 is 9.47 Å². The molecular weight excluding hydrogens is 445 g/mol. The number of halogens is 1. The Morgan fingerprint density at radius 3 is 2.73 bits per heavy atom. The van der Waals surface area contributed by atoms with E-state index < -0.39 is 5.97 Å². The van der Waals surface area contributed by atoms with Gasteiger partial charge in [-0.1, -0.05) is 30.9 Å². The monoisotopic (exact) mass is 461 g/mol. The topological polar surface area (TPSA) is 57.1 Å². The first-order chi connectivity index (χ1) is 12.6. The largest absolute Gasteiger partial charge is 0.493 e. The number of cyclic esters (lactones) is 1. The van der Waals surface area contributed by atoms with Crippen LogP contribution in [0.1, 0.15) is 11.1 Å². The van der Waals surface area contributed by atoms with Crippen LogP contribution in [0.4, 0.5) is 0 Å². The zero-order valence-corrected chi connectivity index (χ0v) is 16.2. The van der Waals surface area contributed by atoms with Crippen LogP contribution in [0.3, 0.4) is 0 Å². The van der Waals surface area contributed by atoms with Gasteiger partial charge in [-0.15, -0.1) is 0 Å². The van der Waals surface area contributed by atoms with Gasteiger partial charge in [-0.05, 0) is 58.5 Å². The van der Waals surface area contributed by atoms with Gasteiger partial charge in [-0.25, -0.2) is 9.79 Å². The maximum Gasteiger partial charge on any atom is 0.363 e. The molecule has 1 aliphatic heterocycles. The molecule has 2 aromatic carbocycles. The second kappa shape index (κ2) is 8.18. The highest BCUT2D eigenvalue weighted by molar-refractivity contribution is 14.1. The van der Waals surface area contributed by atoms with Gasteiger partial charge < -0.3 is 14.2 Å². The molecule has 0 bridgehead atoms. The number of nitrogens with zero attached hydrogens (tertiary/aromatic N) is 1. The van der Waals surface area contributed by atoms with Crippen LogP contribution in [0.25, 0.3) is 6.08 Å². The van der Waals surface area contributed by atoms with Gasteiger partial charge in [0, 0.05) is 5.56 Å². The van der Waals surface area contributed by atoms with Crippen molar-refractivity contribution >= 4 is 40.5 Å². The van der Waals surface area contributed by atoms with E-state index in [2.05, 4.69) is 34.2 Å². The zero-order chi connectivity index (χ0) is 18.5. The van der Waals surface area contributed by atoms with E-state index in [9.17, 15) is 4.79 Å². The van der Waals surface area contributed by atoms with Crippen LogP contribution >= 0.6 is 22.6 Å². The molecule has 0 radical (unpaired) electrons. The van der Waals surface area contributed by atoms with Crippen LogP contribution in [0.2, 0.25) is 0 Å². The molecule has 2 aromatic rings. The molecule has 0 amide bonds. The minimum absolute atomic E-state index is 0.237. The highest BCUT2D eigenvalue weighted by Gasteiger charge is 2.24. The van der Waals surface area contributed by atoms with E-state index >= 15 is 0 Å². The van der Waals surface area contributed by atoms with Gasteiger partial charge in [-0.3, -0.25) is 0 Å². The van der Waals surface area contributed by atoms with E-state index in [0.717, 1.165) is 14.7 Å². The molecule has 132 valence electrons. The first-order valence-corrected chi connectivity index (χ1v) is 8.89. The Hall–Kier alpha value is -2.61. The average molecular weight is 461 g/mol. The molecule has 0 saturated heterocycles. The number of ether oxygens (including phenoxy) is 3. The number of methoxy groups -OCH3 is 1. The Morgan fingerprint density at radius 2 is 2.04 bits per heavy atom. The zero-order valence-electron chi connectivity index (χ0n) is 14.1. The van der Waals surface area contributed by atoms with E-state index in [1.807, 2.05) is 36.4 Å². The fourth-order valence-electron chi connectivity index (χ4n) is 2.38. The summed E-state index contributed by atoms with van der Waals surface area (Å²) in [5.74, 6) is 1.03. The Morgan fingerprint density at radius 1 is 1.27 bits per heavy atom. The molecule has 1 heterocycles. The van der Waals surface area contributed by atoms with Crippen molar-refractivity contribution in [2.24, 2.45) is 4.99 Å². The number of hydrogen-bond donors (Lipinski definition) is 0. The molecule has 26 heavy (non-hydrogen) atoms. The Kier molecular flexibility index (Phi) is 5.72. The molecule has 0 aliphatic carbocycles. The first-order valence-electron chi connectivity index (χ1n) is 7.81. The minimum Gasteiger partial charge on any atom is -0.493 e. The quantitative estimate of drug-likeness (QED) is 0.280. The maximum atomic E-state index is 12.1. The number of hydrogen-bond acceptors (Lipinski definition) is 5. The van der Waals surface area contributed by atoms with Crippen molar-refractivity contribution in [1.82, 2.24) is 0 Å². The van der Waals surface area contributed by atoms with Crippen LogP contribution in [0.15, 0.2) is 65.8 Å². The minimum atomic E-state index is -0.482. The lowest BCUT2D eigenvalue weighted by molar-refractivity contribution is -0.129. The van der Waals surface area contributed by atoms with Crippen molar-refractivity contribution in [3.63, 3.8) is 0 Å². The van der Waals surface area contributed by atoms with Crippen molar-refractivity contribution in [2.75, 3.05) is 13.7 Å². The van der Waals surface area contributed by atoms with E-state index in [1.165, 1.54) is 0 Å². The van der Waals surface area contributed by atoms with E-state index in [4.69, 9.17) is 14.2 Å². The van der Waals surface area contributed by atoms with E-state index in [-0.39, 0.29) is 5.70 Å². The predicted octanol–water partition coefficient (Wildman–Crippen LogP) is 4.21. The van der Waals surface area contributed by atoms with Gasteiger partial charge >= 0.3 is 5.97 Å². The van der Waals surface area contributed by atoms with Crippen LogP contribution in [-0.4, -0.2) is 25.6 Å². The first kappa shape index (κ1) is 18.2. The van der Waals surface area contributed by atoms with Gasteiger partial charge in [-0.2, -0.15) is 0 Å². The Balaban J connectivity index is 1.94. The molecule has 0 saturated carbocycles. The summed E-state index contributed by atoms with van der Waals surface area (Å²) in [6, 6.07) is 13.0. The Bertz CT molecular complexity index is 904. The summed E-state index contributed by atoms with van der Waals surface area (Å²) in [6.45, 7) is 4.02. The lowest BCUT2D eigenvalue weighted by Crippen LogP contribution is -2.05. The fraction of sp³-hybridized carbons (Fsp3) is 0.100. The summed E-state index contributed by atoms with van der Waals surface area (Å²) in [6.07, 6.45) is 3.33. The molecule has 0 fully saturated rings. The van der Waals surface area contributed by atoms with Crippen molar-refractivity contribution < 1.29 is 19.0 Å². The molecule has 5 nitrogen and oxygen atoms in total. The SMILES string of the molecule is C=CCOc1c(I)cc(/C=C2\N=C(c3ccccc3)OC2=O)cc1OC. The molecule has 3 rings (SSSR count). The average Bonchev–Trinajstić information content (AvgIpc) is 3.02. The third-order valence-corrected chi connectivity index (χ3v) is 4.34. The van der Waals surface area contributed by atoms with Crippen molar-refractivity contribution in [1.29, 1.82) is 0 Å². The molecule has 0 aromatic heterocycles. The molecule has 0 unspecified atom stereocenters. The van der Waals surface area contributed by atoms with E-state index in [1.54, 1.807) is 25.3 Å². The lowest BCUT2D eigenvalue weighted by Gasteiger charge is -2.12. The molecule has 1 aliphatic rings. The molecule has 6 heteroatoms. The third-order valence-electron chi connectivity index (χ3n) is 3.54. The standard InChI is InChI=1S/C20H16INO4/c1-3-9-25-18-15(21)10-13(12-17(18)24-2)11-16-20(23)26-19(22-16)14-7-5-4-6-8-14/h3-8,10-12H,1,9H2,2H3/b16-11-. The molecule has 0 atom stereocenters. The second-order valence-corrected chi connectivity index (χ2v) is 6.50. The van der Waals surface area contributed by atoms with Crippen molar-refractivity contribution in [3.05, 3.63) is 75.5 Å². The Labute approximate surface area is 165 Å². The fourth-order valence-corrected chi connectivity index (χ4v) is 3.16. The smallest absolute Gasteiger partial charge is 0.363 e. The number of rotatable bonds is 6. The number of benzene rings is 2. The van der Waals surface area contributed by atoms with Gasteiger partial charge in [0.2, 0.25) is 5.90 Å². The predicted molar refractivity (Wildman–Crippen MR) is 108 cm³/mol. The summed E-state index contributed by atoms with van der Waals surface area (Å²) in [5.41, 5.74) is 1.76. The highest BCUT2D eigenvalue weighted by Crippen LogP contribution is 2.35. The number of carbonyl (C=O) groups is 1. The van der Waals surface area contributed by atoms with Crippen molar-refractivity contribution in [3.8, 4) is 11.5 Å². The summed E-state index contributed by atoms with van der Waals surface area (Å²) < 4.78 is 17.2. The summed E-state index contributed by atoms with van der Waals surface area (Å²) in [4.78, 5) is 16.4.